The molecule has 0 aromatic carbocycles. The molecule has 3 nitrogen and oxygen atoms in total. The monoisotopic (exact) mass is 146 g/mol. The van der Waals surface area contributed by atoms with Crippen LogP contribution in [0.1, 0.15) is 19.8 Å². The highest BCUT2D eigenvalue weighted by Crippen LogP contribution is 1.98. The van der Waals surface area contributed by atoms with Gasteiger partial charge in [0.2, 0.25) is 0 Å². The minimum Gasteiger partial charge on any atom is -0.376 e. The molecule has 0 spiro atoms. The number of rotatable bonds is 6. The maximum Gasteiger partial charge on any atom is 0.0697 e. The van der Waals surface area contributed by atoms with Crippen molar-refractivity contribution in [2.75, 3.05) is 19.7 Å². The molecule has 0 saturated carbocycles. The Bertz CT molecular complexity index is 68.6. The third kappa shape index (κ3) is 4.73. The zero-order valence-electron chi connectivity index (χ0n) is 6.68. The van der Waals surface area contributed by atoms with Crippen LogP contribution in [0.4, 0.5) is 0 Å². The van der Waals surface area contributed by atoms with Crippen molar-refractivity contribution in [3.05, 3.63) is 0 Å². The quantitative estimate of drug-likeness (QED) is 0.558. The molecule has 0 amide bonds. The first kappa shape index (κ1) is 9.88. The Hall–Kier alpha value is -0.120. The van der Waals surface area contributed by atoms with Gasteiger partial charge in [-0.2, -0.15) is 0 Å². The van der Waals surface area contributed by atoms with E-state index in [0.29, 0.717) is 19.7 Å². The maximum atomic E-state index is 5.43. The van der Waals surface area contributed by atoms with Gasteiger partial charge in [0.1, 0.15) is 0 Å². The van der Waals surface area contributed by atoms with Crippen molar-refractivity contribution in [1.82, 2.24) is 0 Å². The lowest BCUT2D eigenvalue weighted by Crippen LogP contribution is -2.26. The van der Waals surface area contributed by atoms with Crippen LogP contribution in [0.15, 0.2) is 0 Å². The molecule has 10 heavy (non-hydrogen) atoms. The largest absolute Gasteiger partial charge is 0.376 e. The lowest BCUT2D eigenvalue weighted by atomic mass is 10.2. The summed E-state index contributed by atoms with van der Waals surface area (Å²) in [6.07, 6.45) is 2.37. The van der Waals surface area contributed by atoms with E-state index >= 15 is 0 Å². The van der Waals surface area contributed by atoms with Crippen LogP contribution in [-0.2, 0) is 4.74 Å². The third-order valence-electron chi connectivity index (χ3n) is 1.34. The van der Waals surface area contributed by atoms with Crippen molar-refractivity contribution in [3.8, 4) is 0 Å². The van der Waals surface area contributed by atoms with E-state index in [-0.39, 0.29) is 6.10 Å². The number of hydrogen-bond donors (Lipinski definition) is 2. The van der Waals surface area contributed by atoms with E-state index in [2.05, 4.69) is 6.92 Å². The van der Waals surface area contributed by atoms with Crippen LogP contribution in [0.25, 0.3) is 0 Å². The van der Waals surface area contributed by atoms with E-state index in [9.17, 15) is 0 Å². The molecule has 0 aromatic rings. The van der Waals surface area contributed by atoms with Gasteiger partial charge in [-0.05, 0) is 6.42 Å². The van der Waals surface area contributed by atoms with E-state index in [0.717, 1.165) is 12.8 Å². The van der Waals surface area contributed by atoms with E-state index in [1.54, 1.807) is 0 Å². The van der Waals surface area contributed by atoms with E-state index in [4.69, 9.17) is 16.2 Å². The minimum atomic E-state index is 0.216. The van der Waals surface area contributed by atoms with Crippen molar-refractivity contribution in [2.45, 2.75) is 25.9 Å². The SMILES string of the molecule is CCCC(CN)OCCN. The fourth-order valence-electron chi connectivity index (χ4n) is 0.826. The van der Waals surface area contributed by atoms with Gasteiger partial charge < -0.3 is 16.2 Å². The molecule has 0 aliphatic carbocycles. The second kappa shape index (κ2) is 6.99. The van der Waals surface area contributed by atoms with Gasteiger partial charge in [0.15, 0.2) is 0 Å². The molecule has 0 fully saturated rings. The summed E-state index contributed by atoms with van der Waals surface area (Å²) in [6, 6.07) is 0. The van der Waals surface area contributed by atoms with Crippen molar-refractivity contribution in [3.63, 3.8) is 0 Å². The number of nitrogens with two attached hydrogens (primary N) is 2. The fourth-order valence-corrected chi connectivity index (χ4v) is 0.826. The van der Waals surface area contributed by atoms with Crippen molar-refractivity contribution >= 4 is 0 Å². The van der Waals surface area contributed by atoms with Crippen molar-refractivity contribution in [1.29, 1.82) is 0 Å². The summed E-state index contributed by atoms with van der Waals surface area (Å²) in [5, 5.41) is 0. The Morgan fingerprint density at radius 2 is 2.10 bits per heavy atom. The second-order valence-electron chi connectivity index (χ2n) is 2.31. The molecule has 0 bridgehead atoms. The molecule has 0 aliphatic heterocycles. The van der Waals surface area contributed by atoms with Crippen LogP contribution in [0.5, 0.6) is 0 Å². The third-order valence-corrected chi connectivity index (χ3v) is 1.34. The predicted molar refractivity (Wildman–Crippen MR) is 42.8 cm³/mol. The van der Waals surface area contributed by atoms with Crippen LogP contribution >= 0.6 is 0 Å². The molecule has 0 rings (SSSR count). The Labute approximate surface area is 62.7 Å². The highest BCUT2D eigenvalue weighted by Gasteiger charge is 2.02. The molecule has 62 valence electrons. The normalized spacial score (nSPS) is 13.5. The van der Waals surface area contributed by atoms with Crippen LogP contribution < -0.4 is 11.5 Å². The highest BCUT2D eigenvalue weighted by atomic mass is 16.5. The molecular weight excluding hydrogens is 128 g/mol. The first-order valence-electron chi connectivity index (χ1n) is 3.86. The van der Waals surface area contributed by atoms with Crippen LogP contribution in [0.3, 0.4) is 0 Å². The molecular formula is C7H18N2O. The smallest absolute Gasteiger partial charge is 0.0697 e. The summed E-state index contributed by atoms with van der Waals surface area (Å²) in [5.74, 6) is 0. The van der Waals surface area contributed by atoms with Crippen LogP contribution in [-0.4, -0.2) is 25.8 Å². The summed E-state index contributed by atoms with van der Waals surface area (Å²) < 4.78 is 5.33. The van der Waals surface area contributed by atoms with Gasteiger partial charge in [0.05, 0.1) is 12.7 Å². The van der Waals surface area contributed by atoms with Crippen LogP contribution in [0, 0.1) is 0 Å². The van der Waals surface area contributed by atoms with Gasteiger partial charge in [0, 0.05) is 13.1 Å². The Morgan fingerprint density at radius 1 is 1.40 bits per heavy atom. The summed E-state index contributed by atoms with van der Waals surface area (Å²) in [6.45, 7) is 3.93. The molecule has 1 atom stereocenters. The molecule has 0 aliphatic rings. The standard InChI is InChI=1S/C7H18N2O/c1-2-3-7(6-9)10-5-4-8/h7H,2-6,8-9H2,1H3. The summed E-state index contributed by atoms with van der Waals surface area (Å²) in [7, 11) is 0. The zero-order chi connectivity index (χ0) is 7.82. The molecule has 0 saturated heterocycles. The molecule has 0 radical (unpaired) electrons. The first-order chi connectivity index (χ1) is 4.85. The Balaban J connectivity index is 3.21. The average molecular weight is 146 g/mol. The summed E-state index contributed by atoms with van der Waals surface area (Å²) in [4.78, 5) is 0. The highest BCUT2D eigenvalue weighted by molar-refractivity contribution is 4.56. The number of ether oxygens (including phenoxy) is 1. The van der Waals surface area contributed by atoms with Gasteiger partial charge in [-0.1, -0.05) is 13.3 Å². The molecule has 0 heterocycles. The Morgan fingerprint density at radius 3 is 2.50 bits per heavy atom. The number of hydrogen-bond acceptors (Lipinski definition) is 3. The van der Waals surface area contributed by atoms with Gasteiger partial charge >= 0.3 is 0 Å². The molecule has 3 heteroatoms. The van der Waals surface area contributed by atoms with E-state index in [1.807, 2.05) is 0 Å². The lowest BCUT2D eigenvalue weighted by Gasteiger charge is -2.13. The predicted octanol–water partition coefficient (Wildman–Crippen LogP) is 0.0891. The minimum absolute atomic E-state index is 0.216. The maximum absolute atomic E-state index is 5.43. The topological polar surface area (TPSA) is 61.3 Å². The van der Waals surface area contributed by atoms with Gasteiger partial charge in [-0.25, -0.2) is 0 Å². The lowest BCUT2D eigenvalue weighted by molar-refractivity contribution is 0.0584. The fraction of sp³-hybridized carbons (Fsp3) is 1.00. The zero-order valence-corrected chi connectivity index (χ0v) is 6.68. The summed E-state index contributed by atoms with van der Waals surface area (Å²) in [5.41, 5.74) is 10.7. The summed E-state index contributed by atoms with van der Waals surface area (Å²) >= 11 is 0. The second-order valence-corrected chi connectivity index (χ2v) is 2.31. The average Bonchev–Trinajstić information content (AvgIpc) is 1.98. The van der Waals surface area contributed by atoms with Gasteiger partial charge in [-0.3, -0.25) is 0 Å². The molecule has 4 N–H and O–H groups in total. The van der Waals surface area contributed by atoms with Crippen LogP contribution in [0.2, 0.25) is 0 Å². The van der Waals surface area contributed by atoms with E-state index in [1.165, 1.54) is 0 Å². The first-order valence-corrected chi connectivity index (χ1v) is 3.86. The van der Waals surface area contributed by atoms with E-state index < -0.39 is 0 Å². The van der Waals surface area contributed by atoms with Crippen molar-refractivity contribution < 1.29 is 4.74 Å². The van der Waals surface area contributed by atoms with Gasteiger partial charge in [-0.15, -0.1) is 0 Å². The van der Waals surface area contributed by atoms with Gasteiger partial charge in [0.25, 0.3) is 0 Å². The molecule has 1 unspecified atom stereocenters. The molecule has 0 aromatic heterocycles. The van der Waals surface area contributed by atoms with Crippen molar-refractivity contribution in [2.24, 2.45) is 11.5 Å². The Kier molecular flexibility index (Phi) is 6.91.